The van der Waals surface area contributed by atoms with Gasteiger partial charge >= 0.3 is 0 Å². The third kappa shape index (κ3) is 4.58. The number of halogens is 1. The highest BCUT2D eigenvalue weighted by atomic mass is 35.5. The highest BCUT2D eigenvalue weighted by Crippen LogP contribution is 2.24. The van der Waals surface area contributed by atoms with Gasteiger partial charge in [0.25, 0.3) is 5.91 Å². The minimum Gasteiger partial charge on any atom is -0.445 e. The van der Waals surface area contributed by atoms with E-state index in [1.54, 1.807) is 24.3 Å². The first-order chi connectivity index (χ1) is 10.8. The average Bonchev–Trinajstić information content (AvgIpc) is 2.85. The quantitative estimate of drug-likeness (QED) is 0.829. The van der Waals surface area contributed by atoms with E-state index in [0.717, 1.165) is 30.2 Å². The predicted octanol–water partition coefficient (Wildman–Crippen LogP) is 4.30. The minimum absolute atomic E-state index is 0.0959. The van der Waals surface area contributed by atoms with E-state index < -0.39 is 0 Å². The van der Waals surface area contributed by atoms with Crippen LogP contribution in [0.3, 0.4) is 0 Å². The minimum atomic E-state index is -0.153. The molecule has 23 heavy (non-hydrogen) atoms. The maximum absolute atomic E-state index is 12.0. The number of nitrogens with zero attached hydrogens (tertiary/aromatic N) is 1. The second-order valence-corrected chi connectivity index (χ2v) is 7.02. The summed E-state index contributed by atoms with van der Waals surface area (Å²) in [5.41, 5.74) is 1.33. The molecule has 1 N–H and O–H groups in total. The fraction of sp³-hybridized carbons (Fsp3) is 0.444. The van der Waals surface area contributed by atoms with Crippen molar-refractivity contribution in [2.45, 2.75) is 46.0 Å². The van der Waals surface area contributed by atoms with Crippen LogP contribution in [0.5, 0.6) is 0 Å². The van der Waals surface area contributed by atoms with Crippen LogP contribution in [0, 0.1) is 6.92 Å². The van der Waals surface area contributed by atoms with E-state index in [-0.39, 0.29) is 11.3 Å². The third-order valence-corrected chi connectivity index (χ3v) is 3.85. The molecule has 4 nitrogen and oxygen atoms in total. The Bertz CT molecular complexity index is 687. The topological polar surface area (TPSA) is 55.1 Å². The molecule has 1 aromatic carbocycles. The van der Waals surface area contributed by atoms with Crippen LogP contribution >= 0.6 is 11.6 Å². The molecule has 5 heteroatoms. The van der Waals surface area contributed by atoms with Crippen molar-refractivity contribution in [3.8, 4) is 0 Å². The molecule has 0 aliphatic carbocycles. The molecule has 1 heterocycles. The van der Waals surface area contributed by atoms with Crippen LogP contribution in [0.4, 0.5) is 0 Å². The van der Waals surface area contributed by atoms with Gasteiger partial charge in [-0.2, -0.15) is 0 Å². The zero-order chi connectivity index (χ0) is 17.0. The molecule has 1 amide bonds. The first kappa shape index (κ1) is 17.5. The van der Waals surface area contributed by atoms with E-state index in [2.05, 4.69) is 31.1 Å². The smallest absolute Gasteiger partial charge is 0.252 e. The first-order valence-corrected chi connectivity index (χ1v) is 8.16. The number of benzene rings is 1. The van der Waals surface area contributed by atoms with Gasteiger partial charge in [0.05, 0.1) is 16.3 Å². The Balaban J connectivity index is 1.85. The van der Waals surface area contributed by atoms with E-state index in [1.165, 1.54) is 0 Å². The standard InChI is InChI=1S/C18H23ClN2O2/c1-12-15(23-17(21-12)18(2,3)4)10-7-11-20-16(22)13-8-5-6-9-14(13)19/h5-6,8-9H,7,10-11H2,1-4H3,(H,20,22). The van der Waals surface area contributed by atoms with E-state index in [9.17, 15) is 4.79 Å². The molecule has 0 spiro atoms. The number of hydrogen-bond acceptors (Lipinski definition) is 3. The predicted molar refractivity (Wildman–Crippen MR) is 92.0 cm³/mol. The number of aryl methyl sites for hydroxylation is 2. The number of aromatic nitrogens is 1. The lowest BCUT2D eigenvalue weighted by molar-refractivity contribution is 0.0953. The number of carbonyl (C=O) groups is 1. The summed E-state index contributed by atoms with van der Waals surface area (Å²) in [4.78, 5) is 16.5. The summed E-state index contributed by atoms with van der Waals surface area (Å²) in [5, 5.41) is 3.34. The van der Waals surface area contributed by atoms with E-state index in [0.29, 0.717) is 17.1 Å². The largest absolute Gasteiger partial charge is 0.445 e. The van der Waals surface area contributed by atoms with Gasteiger partial charge in [0.15, 0.2) is 5.89 Å². The first-order valence-electron chi connectivity index (χ1n) is 7.78. The van der Waals surface area contributed by atoms with Crippen LogP contribution in [-0.4, -0.2) is 17.4 Å². The summed E-state index contributed by atoms with van der Waals surface area (Å²) >= 11 is 6.01. The molecule has 2 rings (SSSR count). The summed E-state index contributed by atoms with van der Waals surface area (Å²) < 4.78 is 5.84. The SMILES string of the molecule is Cc1nc(C(C)(C)C)oc1CCCNC(=O)c1ccccc1Cl. The fourth-order valence-corrected chi connectivity index (χ4v) is 2.39. The molecule has 0 fully saturated rings. The van der Waals surface area contributed by atoms with Crippen molar-refractivity contribution in [1.82, 2.24) is 10.3 Å². The van der Waals surface area contributed by atoms with Gasteiger partial charge in [-0.05, 0) is 25.5 Å². The molecule has 0 unspecified atom stereocenters. The zero-order valence-corrected chi connectivity index (χ0v) is 14.8. The van der Waals surface area contributed by atoms with Crippen LogP contribution in [0.15, 0.2) is 28.7 Å². The summed E-state index contributed by atoms with van der Waals surface area (Å²) in [5.74, 6) is 1.49. The number of oxazole rings is 1. The number of carbonyl (C=O) groups excluding carboxylic acids is 1. The van der Waals surface area contributed by atoms with Crippen molar-refractivity contribution in [2.75, 3.05) is 6.54 Å². The van der Waals surface area contributed by atoms with Crippen molar-refractivity contribution >= 4 is 17.5 Å². The molecule has 124 valence electrons. The Hall–Kier alpha value is -1.81. The molecular weight excluding hydrogens is 312 g/mol. The molecule has 0 saturated carbocycles. The van der Waals surface area contributed by atoms with Crippen LogP contribution < -0.4 is 5.32 Å². The molecule has 2 aromatic rings. The molecule has 0 aliphatic rings. The van der Waals surface area contributed by atoms with Gasteiger partial charge in [0, 0.05) is 18.4 Å². The Morgan fingerprint density at radius 2 is 2.00 bits per heavy atom. The van der Waals surface area contributed by atoms with Gasteiger partial charge in [-0.15, -0.1) is 0 Å². The molecule has 0 bridgehead atoms. The maximum atomic E-state index is 12.0. The van der Waals surface area contributed by atoms with E-state index >= 15 is 0 Å². The Labute approximate surface area is 142 Å². The van der Waals surface area contributed by atoms with Crippen molar-refractivity contribution in [1.29, 1.82) is 0 Å². The lowest BCUT2D eigenvalue weighted by Crippen LogP contribution is -2.25. The normalized spacial score (nSPS) is 11.5. The van der Waals surface area contributed by atoms with Gasteiger partial charge in [-0.25, -0.2) is 4.98 Å². The van der Waals surface area contributed by atoms with E-state index in [4.69, 9.17) is 16.0 Å². The summed E-state index contributed by atoms with van der Waals surface area (Å²) in [6.45, 7) is 8.75. The molecule has 0 saturated heterocycles. The van der Waals surface area contributed by atoms with Gasteiger partial charge in [0.2, 0.25) is 0 Å². The van der Waals surface area contributed by atoms with E-state index in [1.807, 2.05) is 6.92 Å². The number of amides is 1. The maximum Gasteiger partial charge on any atom is 0.252 e. The monoisotopic (exact) mass is 334 g/mol. The second kappa shape index (κ2) is 7.18. The Kier molecular flexibility index (Phi) is 5.47. The lowest BCUT2D eigenvalue weighted by Gasteiger charge is -2.12. The van der Waals surface area contributed by atoms with Crippen LogP contribution in [0.2, 0.25) is 5.02 Å². The van der Waals surface area contributed by atoms with Crippen LogP contribution in [0.25, 0.3) is 0 Å². The van der Waals surface area contributed by atoms with Crippen molar-refractivity contribution in [2.24, 2.45) is 0 Å². The second-order valence-electron chi connectivity index (χ2n) is 6.62. The zero-order valence-electron chi connectivity index (χ0n) is 14.1. The lowest BCUT2D eigenvalue weighted by atomic mass is 9.97. The number of nitrogens with one attached hydrogen (secondary N) is 1. The van der Waals surface area contributed by atoms with Gasteiger partial charge in [-0.1, -0.05) is 44.5 Å². The molecule has 1 aromatic heterocycles. The van der Waals surface area contributed by atoms with Crippen LogP contribution in [0.1, 0.15) is 54.9 Å². The van der Waals surface area contributed by atoms with Crippen molar-refractivity contribution < 1.29 is 9.21 Å². The molecule has 0 atom stereocenters. The Morgan fingerprint density at radius 1 is 1.30 bits per heavy atom. The Morgan fingerprint density at radius 3 is 2.61 bits per heavy atom. The van der Waals surface area contributed by atoms with Crippen LogP contribution in [-0.2, 0) is 11.8 Å². The van der Waals surface area contributed by atoms with Crippen molar-refractivity contribution in [3.63, 3.8) is 0 Å². The average molecular weight is 335 g/mol. The summed E-state index contributed by atoms with van der Waals surface area (Å²) in [6, 6.07) is 7.03. The third-order valence-electron chi connectivity index (χ3n) is 3.52. The molecule has 0 aliphatic heterocycles. The molecular formula is C18H23ClN2O2. The number of hydrogen-bond donors (Lipinski definition) is 1. The van der Waals surface area contributed by atoms with Crippen molar-refractivity contribution in [3.05, 3.63) is 52.2 Å². The highest BCUT2D eigenvalue weighted by molar-refractivity contribution is 6.33. The molecule has 0 radical (unpaired) electrons. The van der Waals surface area contributed by atoms with Gasteiger partial charge < -0.3 is 9.73 Å². The highest BCUT2D eigenvalue weighted by Gasteiger charge is 2.22. The fourth-order valence-electron chi connectivity index (χ4n) is 2.17. The van der Waals surface area contributed by atoms with Gasteiger partial charge in [-0.3, -0.25) is 4.79 Å². The number of rotatable bonds is 5. The summed E-state index contributed by atoms with van der Waals surface area (Å²) in [7, 11) is 0. The van der Waals surface area contributed by atoms with Gasteiger partial charge in [0.1, 0.15) is 5.76 Å². The summed E-state index contributed by atoms with van der Waals surface area (Å²) in [6.07, 6.45) is 1.54.